The van der Waals surface area contributed by atoms with E-state index in [9.17, 15) is 0 Å². The van der Waals surface area contributed by atoms with Crippen molar-refractivity contribution in [2.75, 3.05) is 7.05 Å². The smallest absolute Gasteiger partial charge is 0.0913 e. The molecular weight excluding hydrogens is 210 g/mol. The molecule has 0 aliphatic heterocycles. The van der Waals surface area contributed by atoms with E-state index in [1.807, 2.05) is 36.2 Å². The largest absolute Gasteiger partial charge is 0.361 e. The topological polar surface area (TPSA) is 28.5 Å². The van der Waals surface area contributed by atoms with Crippen molar-refractivity contribution < 1.29 is 0 Å². The fourth-order valence-corrected chi connectivity index (χ4v) is 1.46. The summed E-state index contributed by atoms with van der Waals surface area (Å²) in [5.74, 6) is 0. The van der Waals surface area contributed by atoms with E-state index in [-0.39, 0.29) is 0 Å². The Bertz CT molecular complexity index is 465. The Hall–Kier alpha value is -2.16. The first kappa shape index (κ1) is 11.3. The van der Waals surface area contributed by atoms with Crippen molar-refractivity contribution in [3.8, 4) is 0 Å². The molecule has 3 nitrogen and oxygen atoms in total. The van der Waals surface area contributed by atoms with Crippen LogP contribution in [0.15, 0.2) is 53.8 Å². The molecule has 0 aliphatic rings. The summed E-state index contributed by atoms with van der Waals surface area (Å²) in [7, 11) is 2.00. The van der Waals surface area contributed by atoms with Crippen LogP contribution in [0.25, 0.3) is 0 Å². The summed E-state index contributed by atoms with van der Waals surface area (Å²) in [6.07, 6.45) is 5.13. The van der Waals surface area contributed by atoms with Gasteiger partial charge >= 0.3 is 0 Å². The van der Waals surface area contributed by atoms with Crippen LogP contribution >= 0.6 is 0 Å². The molecule has 1 heterocycles. The lowest BCUT2D eigenvalue weighted by Crippen LogP contribution is -2.14. The molecule has 17 heavy (non-hydrogen) atoms. The highest BCUT2D eigenvalue weighted by Gasteiger charge is 1.94. The number of aromatic nitrogens is 1. The van der Waals surface area contributed by atoms with Gasteiger partial charge in [0.05, 0.1) is 12.0 Å². The van der Waals surface area contributed by atoms with Gasteiger partial charge in [0.25, 0.3) is 0 Å². The average molecular weight is 224 g/mol. The Morgan fingerprint density at radius 1 is 1.29 bits per heavy atom. The van der Waals surface area contributed by atoms with E-state index in [2.05, 4.69) is 28.2 Å². The van der Waals surface area contributed by atoms with Crippen LogP contribution in [0, 0.1) is 6.07 Å². The van der Waals surface area contributed by atoms with Gasteiger partial charge in [-0.15, -0.1) is 0 Å². The number of rotatable bonds is 4. The molecule has 1 aromatic carbocycles. The van der Waals surface area contributed by atoms with Crippen molar-refractivity contribution in [1.29, 1.82) is 0 Å². The second-order valence-corrected chi connectivity index (χ2v) is 3.77. The Balaban J connectivity index is 1.94. The van der Waals surface area contributed by atoms with Crippen molar-refractivity contribution in [2.24, 2.45) is 4.99 Å². The number of hydrogen-bond acceptors (Lipinski definition) is 2. The quantitative estimate of drug-likeness (QED) is 0.590. The maximum atomic E-state index is 4.31. The highest BCUT2D eigenvalue weighted by molar-refractivity contribution is 5.60. The lowest BCUT2D eigenvalue weighted by Gasteiger charge is -2.12. The SMILES string of the molecule is CN(/C=N/c1[c]cncc1)Cc1ccccc1. The van der Waals surface area contributed by atoms with Crippen molar-refractivity contribution in [2.45, 2.75) is 6.54 Å². The molecule has 0 bridgehead atoms. The van der Waals surface area contributed by atoms with Crippen LogP contribution in [0.1, 0.15) is 5.56 Å². The normalized spacial score (nSPS) is 10.6. The van der Waals surface area contributed by atoms with Gasteiger partial charge in [-0.1, -0.05) is 30.3 Å². The Kier molecular flexibility index (Phi) is 3.86. The number of hydrogen-bond donors (Lipinski definition) is 0. The molecule has 0 fully saturated rings. The lowest BCUT2D eigenvalue weighted by molar-refractivity contribution is 0.516. The van der Waals surface area contributed by atoms with Crippen LogP contribution in [0.3, 0.4) is 0 Å². The zero-order chi connectivity index (χ0) is 11.9. The molecule has 0 spiro atoms. The molecule has 85 valence electrons. The maximum Gasteiger partial charge on any atom is 0.0913 e. The fourth-order valence-electron chi connectivity index (χ4n) is 1.46. The lowest BCUT2D eigenvalue weighted by atomic mass is 10.2. The average Bonchev–Trinajstić information content (AvgIpc) is 2.39. The minimum atomic E-state index is 0.792. The van der Waals surface area contributed by atoms with Crippen LogP contribution in [0.5, 0.6) is 0 Å². The summed E-state index contributed by atoms with van der Waals surface area (Å²) in [5.41, 5.74) is 2.06. The molecule has 1 radical (unpaired) electrons. The molecule has 0 unspecified atom stereocenters. The summed E-state index contributed by atoms with van der Waals surface area (Å²) in [6, 6.07) is 15.1. The fraction of sp³-hybridized carbons (Fsp3) is 0.143. The zero-order valence-electron chi connectivity index (χ0n) is 9.74. The molecule has 2 aromatic rings. The van der Waals surface area contributed by atoms with Crippen LogP contribution in [-0.4, -0.2) is 23.3 Å². The van der Waals surface area contributed by atoms with Gasteiger partial charge in [-0.05, 0) is 11.6 Å². The Labute approximate surface area is 101 Å². The monoisotopic (exact) mass is 224 g/mol. The third kappa shape index (κ3) is 3.72. The van der Waals surface area contributed by atoms with Gasteiger partial charge in [-0.25, -0.2) is 4.99 Å². The molecule has 2 rings (SSSR count). The number of aliphatic imine (C=N–C) groups is 1. The number of benzene rings is 1. The van der Waals surface area contributed by atoms with Gasteiger partial charge in [-0.3, -0.25) is 4.98 Å². The Morgan fingerprint density at radius 2 is 2.12 bits per heavy atom. The highest BCUT2D eigenvalue weighted by Crippen LogP contribution is 2.07. The second-order valence-electron chi connectivity index (χ2n) is 3.77. The number of nitrogens with zero attached hydrogens (tertiary/aromatic N) is 3. The van der Waals surface area contributed by atoms with E-state index in [1.54, 1.807) is 18.7 Å². The minimum absolute atomic E-state index is 0.792. The second kappa shape index (κ2) is 5.80. The molecule has 3 heteroatoms. The van der Waals surface area contributed by atoms with Crippen molar-refractivity contribution in [3.05, 3.63) is 60.4 Å². The van der Waals surface area contributed by atoms with Gasteiger partial charge in [0.2, 0.25) is 0 Å². The van der Waals surface area contributed by atoms with Crippen molar-refractivity contribution >= 4 is 12.0 Å². The Morgan fingerprint density at radius 3 is 2.82 bits per heavy atom. The first-order valence-corrected chi connectivity index (χ1v) is 5.44. The summed E-state index contributed by atoms with van der Waals surface area (Å²) < 4.78 is 0. The van der Waals surface area contributed by atoms with Crippen LogP contribution in [0.4, 0.5) is 5.69 Å². The van der Waals surface area contributed by atoms with Gasteiger partial charge in [-0.2, -0.15) is 0 Å². The standard InChI is InChI=1S/C14H14N3/c1-17(11-13-5-3-2-4-6-13)12-16-14-7-9-15-10-8-14/h2-7,9-10,12H,11H2,1H3/b16-12+. The third-order valence-electron chi connectivity index (χ3n) is 2.27. The van der Waals surface area contributed by atoms with E-state index in [0.717, 1.165) is 12.2 Å². The minimum Gasteiger partial charge on any atom is -0.361 e. The predicted octanol–water partition coefficient (Wildman–Crippen LogP) is 2.67. The zero-order valence-corrected chi connectivity index (χ0v) is 9.74. The molecular formula is C14H14N3. The van der Waals surface area contributed by atoms with Gasteiger partial charge < -0.3 is 4.90 Å². The van der Waals surface area contributed by atoms with Gasteiger partial charge in [0, 0.05) is 32.1 Å². The summed E-state index contributed by atoms with van der Waals surface area (Å²) >= 11 is 0. The summed E-state index contributed by atoms with van der Waals surface area (Å²) in [5, 5.41) is 0. The molecule has 0 saturated heterocycles. The molecule has 0 saturated carbocycles. The van der Waals surface area contributed by atoms with Gasteiger partial charge in [0.15, 0.2) is 0 Å². The van der Waals surface area contributed by atoms with E-state index in [0.29, 0.717) is 0 Å². The predicted molar refractivity (Wildman–Crippen MR) is 69.1 cm³/mol. The van der Waals surface area contributed by atoms with E-state index in [1.165, 1.54) is 5.56 Å². The van der Waals surface area contributed by atoms with E-state index < -0.39 is 0 Å². The van der Waals surface area contributed by atoms with Crippen molar-refractivity contribution in [1.82, 2.24) is 9.88 Å². The first-order valence-electron chi connectivity index (χ1n) is 5.44. The maximum absolute atomic E-state index is 4.31. The van der Waals surface area contributed by atoms with Crippen LogP contribution < -0.4 is 0 Å². The first-order chi connectivity index (χ1) is 8.34. The molecule has 0 amide bonds. The molecule has 0 atom stereocenters. The summed E-state index contributed by atoms with van der Waals surface area (Å²) in [4.78, 5) is 10.2. The van der Waals surface area contributed by atoms with Crippen LogP contribution in [0.2, 0.25) is 0 Å². The van der Waals surface area contributed by atoms with E-state index >= 15 is 0 Å². The third-order valence-corrected chi connectivity index (χ3v) is 2.27. The van der Waals surface area contributed by atoms with Crippen molar-refractivity contribution in [3.63, 3.8) is 0 Å². The molecule has 0 N–H and O–H groups in total. The van der Waals surface area contributed by atoms with E-state index in [4.69, 9.17) is 0 Å². The highest BCUT2D eigenvalue weighted by atomic mass is 15.1. The van der Waals surface area contributed by atoms with Crippen LogP contribution in [-0.2, 0) is 6.54 Å². The molecule has 0 aliphatic carbocycles. The summed E-state index contributed by atoms with van der Waals surface area (Å²) in [6.45, 7) is 0.843. The number of pyridine rings is 1. The van der Waals surface area contributed by atoms with Gasteiger partial charge in [0.1, 0.15) is 0 Å². The molecule has 1 aromatic heterocycles.